The van der Waals surface area contributed by atoms with Gasteiger partial charge in [0.2, 0.25) is 0 Å². The summed E-state index contributed by atoms with van der Waals surface area (Å²) in [5.74, 6) is 0.330. The number of fused-ring (bicyclic) bond motifs is 1. The van der Waals surface area contributed by atoms with Crippen molar-refractivity contribution in [2.75, 3.05) is 13.2 Å². The Morgan fingerprint density at radius 1 is 1.15 bits per heavy atom. The van der Waals surface area contributed by atoms with E-state index < -0.39 is 17.2 Å². The molecule has 0 radical (unpaired) electrons. The first-order valence-electron chi connectivity index (χ1n) is 8.43. The fraction of sp³-hybridized carbons (Fsp3) is 0.263. The summed E-state index contributed by atoms with van der Waals surface area (Å²) < 4.78 is 7.83. The number of aromatic nitrogens is 3. The Balaban J connectivity index is 1.71. The van der Waals surface area contributed by atoms with Crippen LogP contribution in [0.15, 0.2) is 46.0 Å². The number of aryl methyl sites for hydroxylation is 2. The van der Waals surface area contributed by atoms with Gasteiger partial charge in [-0.25, -0.2) is 9.78 Å². The van der Waals surface area contributed by atoms with Gasteiger partial charge in [-0.15, -0.1) is 0 Å². The zero-order chi connectivity index (χ0) is 19.6. The second-order valence-electron chi connectivity index (χ2n) is 6.19. The third-order valence-electron chi connectivity index (χ3n) is 4.18. The minimum Gasteiger partial charge on any atom is -0.492 e. The highest BCUT2D eigenvalue weighted by molar-refractivity contribution is 5.94. The smallest absolute Gasteiger partial charge is 0.332 e. The molecule has 0 saturated carbocycles. The van der Waals surface area contributed by atoms with Crippen molar-refractivity contribution in [3.63, 3.8) is 0 Å². The maximum absolute atomic E-state index is 12.3. The Bertz CT molecular complexity index is 1130. The number of hydrogen-bond acceptors (Lipinski definition) is 5. The van der Waals surface area contributed by atoms with Gasteiger partial charge in [0.25, 0.3) is 11.5 Å². The standard InChI is InChI=1S/C19H20N4O4/c1-12-5-4-6-13(11-12)27-10-9-20-17(24)15-8-7-14-16(21-15)22(2)19(26)23(3)18(14)25/h4-8,11H,9-10H2,1-3H3,(H,20,24). The minimum absolute atomic E-state index is 0.126. The molecule has 0 fully saturated rings. The van der Waals surface area contributed by atoms with Gasteiger partial charge in [-0.2, -0.15) is 0 Å². The van der Waals surface area contributed by atoms with Crippen molar-refractivity contribution in [3.8, 4) is 5.75 Å². The second-order valence-corrected chi connectivity index (χ2v) is 6.19. The van der Waals surface area contributed by atoms with Crippen LogP contribution in [0.5, 0.6) is 5.75 Å². The monoisotopic (exact) mass is 368 g/mol. The van der Waals surface area contributed by atoms with E-state index in [0.717, 1.165) is 15.9 Å². The Hall–Kier alpha value is -3.42. The van der Waals surface area contributed by atoms with E-state index in [1.54, 1.807) is 0 Å². The summed E-state index contributed by atoms with van der Waals surface area (Å²) in [6, 6.07) is 10.6. The van der Waals surface area contributed by atoms with Gasteiger partial charge in [-0.3, -0.25) is 18.7 Å². The maximum Gasteiger partial charge on any atom is 0.332 e. The number of nitrogens with one attached hydrogen (secondary N) is 1. The molecule has 1 aromatic carbocycles. The lowest BCUT2D eigenvalue weighted by molar-refractivity contribution is 0.0942. The van der Waals surface area contributed by atoms with Crippen LogP contribution < -0.4 is 21.3 Å². The van der Waals surface area contributed by atoms with Crippen LogP contribution in [0.4, 0.5) is 0 Å². The lowest BCUT2D eigenvalue weighted by Crippen LogP contribution is -2.37. The Labute approximate surface area is 155 Å². The van der Waals surface area contributed by atoms with Crippen molar-refractivity contribution >= 4 is 16.9 Å². The Morgan fingerprint density at radius 2 is 1.93 bits per heavy atom. The van der Waals surface area contributed by atoms with E-state index in [1.165, 1.54) is 30.8 Å². The molecule has 3 aromatic rings. The van der Waals surface area contributed by atoms with E-state index in [1.807, 2.05) is 31.2 Å². The molecule has 2 heterocycles. The van der Waals surface area contributed by atoms with E-state index in [2.05, 4.69) is 10.3 Å². The average molecular weight is 368 g/mol. The van der Waals surface area contributed by atoms with Gasteiger partial charge in [-0.1, -0.05) is 12.1 Å². The van der Waals surface area contributed by atoms with Gasteiger partial charge >= 0.3 is 5.69 Å². The molecule has 140 valence electrons. The number of ether oxygens (including phenoxy) is 1. The van der Waals surface area contributed by atoms with Crippen LogP contribution >= 0.6 is 0 Å². The largest absolute Gasteiger partial charge is 0.492 e. The molecule has 1 N–H and O–H groups in total. The zero-order valence-corrected chi connectivity index (χ0v) is 15.4. The first kappa shape index (κ1) is 18.4. The van der Waals surface area contributed by atoms with Crippen LogP contribution in [0, 0.1) is 6.92 Å². The highest BCUT2D eigenvalue weighted by Crippen LogP contribution is 2.11. The molecule has 0 unspecified atom stereocenters. The SMILES string of the molecule is Cc1cccc(OCCNC(=O)c2ccc3c(=O)n(C)c(=O)n(C)c3n2)c1. The van der Waals surface area contributed by atoms with Crippen molar-refractivity contribution in [1.82, 2.24) is 19.4 Å². The van der Waals surface area contributed by atoms with Gasteiger partial charge in [0, 0.05) is 14.1 Å². The molecular weight excluding hydrogens is 348 g/mol. The van der Waals surface area contributed by atoms with Crippen molar-refractivity contribution in [2.24, 2.45) is 14.1 Å². The molecule has 1 amide bonds. The molecule has 3 rings (SSSR count). The fourth-order valence-electron chi connectivity index (χ4n) is 2.71. The van der Waals surface area contributed by atoms with Crippen molar-refractivity contribution in [1.29, 1.82) is 0 Å². The predicted molar refractivity (Wildman–Crippen MR) is 101 cm³/mol. The number of carbonyl (C=O) groups is 1. The van der Waals surface area contributed by atoms with Crippen LogP contribution in [-0.4, -0.2) is 33.2 Å². The number of rotatable bonds is 5. The quantitative estimate of drug-likeness (QED) is 0.671. The molecule has 8 nitrogen and oxygen atoms in total. The number of nitrogens with zero attached hydrogens (tertiary/aromatic N) is 3. The third-order valence-corrected chi connectivity index (χ3v) is 4.18. The minimum atomic E-state index is -0.496. The highest BCUT2D eigenvalue weighted by atomic mass is 16.5. The van der Waals surface area contributed by atoms with E-state index in [-0.39, 0.29) is 16.7 Å². The fourth-order valence-corrected chi connectivity index (χ4v) is 2.71. The van der Waals surface area contributed by atoms with Crippen LogP contribution in [0.25, 0.3) is 11.0 Å². The lowest BCUT2D eigenvalue weighted by atomic mass is 10.2. The molecule has 0 aliphatic heterocycles. The van der Waals surface area contributed by atoms with Crippen LogP contribution in [0.1, 0.15) is 16.1 Å². The molecular formula is C19H20N4O4. The van der Waals surface area contributed by atoms with Gasteiger partial charge in [0.15, 0.2) is 0 Å². The predicted octanol–water partition coefficient (Wildman–Crippen LogP) is 0.749. The van der Waals surface area contributed by atoms with Crippen molar-refractivity contribution in [2.45, 2.75) is 6.92 Å². The number of pyridine rings is 1. The van der Waals surface area contributed by atoms with Gasteiger partial charge in [0.1, 0.15) is 23.7 Å². The summed E-state index contributed by atoms with van der Waals surface area (Å²) in [7, 11) is 2.91. The first-order valence-corrected chi connectivity index (χ1v) is 8.43. The summed E-state index contributed by atoms with van der Waals surface area (Å²) in [4.78, 5) is 40.7. The van der Waals surface area contributed by atoms with E-state index in [0.29, 0.717) is 13.2 Å². The molecule has 0 bridgehead atoms. The summed E-state index contributed by atoms with van der Waals surface area (Å²) in [6.45, 7) is 2.57. The lowest BCUT2D eigenvalue weighted by Gasteiger charge is -2.10. The summed E-state index contributed by atoms with van der Waals surface area (Å²) in [6.07, 6.45) is 0. The normalized spacial score (nSPS) is 10.8. The number of carbonyl (C=O) groups excluding carboxylic acids is 1. The van der Waals surface area contributed by atoms with Crippen LogP contribution in [0.3, 0.4) is 0 Å². The molecule has 0 saturated heterocycles. The molecule has 0 aliphatic carbocycles. The van der Waals surface area contributed by atoms with Crippen LogP contribution in [-0.2, 0) is 14.1 Å². The van der Waals surface area contributed by atoms with Gasteiger partial charge in [-0.05, 0) is 36.8 Å². The number of benzene rings is 1. The van der Waals surface area contributed by atoms with E-state index >= 15 is 0 Å². The molecule has 0 spiro atoms. The third kappa shape index (κ3) is 3.74. The molecule has 0 aliphatic rings. The van der Waals surface area contributed by atoms with Crippen molar-refractivity contribution < 1.29 is 9.53 Å². The number of amides is 1. The van der Waals surface area contributed by atoms with E-state index in [4.69, 9.17) is 4.74 Å². The molecule has 0 atom stereocenters. The summed E-state index contributed by atoms with van der Waals surface area (Å²) in [5.41, 5.74) is 0.449. The average Bonchev–Trinajstić information content (AvgIpc) is 2.67. The topological polar surface area (TPSA) is 95.2 Å². The first-order chi connectivity index (χ1) is 12.9. The molecule has 8 heteroatoms. The Morgan fingerprint density at radius 3 is 2.67 bits per heavy atom. The molecule has 27 heavy (non-hydrogen) atoms. The van der Waals surface area contributed by atoms with Gasteiger partial charge < -0.3 is 10.1 Å². The highest BCUT2D eigenvalue weighted by Gasteiger charge is 2.13. The Kier molecular flexibility index (Phi) is 5.07. The van der Waals surface area contributed by atoms with Gasteiger partial charge in [0.05, 0.1) is 11.9 Å². The second kappa shape index (κ2) is 7.45. The van der Waals surface area contributed by atoms with Crippen molar-refractivity contribution in [3.05, 3.63) is 68.5 Å². The summed E-state index contributed by atoms with van der Waals surface area (Å²) in [5, 5.41) is 2.99. The van der Waals surface area contributed by atoms with E-state index in [9.17, 15) is 14.4 Å². The summed E-state index contributed by atoms with van der Waals surface area (Å²) >= 11 is 0. The zero-order valence-electron chi connectivity index (χ0n) is 15.4. The molecule has 2 aromatic heterocycles. The van der Waals surface area contributed by atoms with Crippen LogP contribution in [0.2, 0.25) is 0 Å². The number of hydrogen-bond donors (Lipinski definition) is 1. The maximum atomic E-state index is 12.3.